The van der Waals surface area contributed by atoms with Crippen LogP contribution in [0.25, 0.3) is 0 Å². The molecule has 2 aromatic carbocycles. The molecule has 0 radical (unpaired) electrons. The zero-order chi connectivity index (χ0) is 18.1. The highest BCUT2D eigenvalue weighted by Gasteiger charge is 2.56. The number of halogens is 2. The van der Waals surface area contributed by atoms with E-state index in [1.54, 1.807) is 36.4 Å². The average molecular weight is 361 g/mol. The smallest absolute Gasteiger partial charge is 0.139 e. The van der Waals surface area contributed by atoms with Gasteiger partial charge in [-0.15, -0.1) is 0 Å². The summed E-state index contributed by atoms with van der Waals surface area (Å²) >= 11 is 0. The first-order valence-corrected chi connectivity index (χ1v) is 8.63. The number of aliphatic hydroxyl groups excluding tert-OH is 1. The minimum Gasteiger partial charge on any atom is -0.394 e. The Morgan fingerprint density at radius 1 is 0.923 bits per heavy atom. The second-order valence-electron chi connectivity index (χ2n) is 6.87. The quantitative estimate of drug-likeness (QED) is 0.886. The summed E-state index contributed by atoms with van der Waals surface area (Å²) < 4.78 is 38.1. The van der Waals surface area contributed by atoms with Crippen molar-refractivity contribution in [2.75, 3.05) is 19.8 Å². The average Bonchev–Trinajstić information content (AvgIpc) is 3.25. The number of benzene rings is 2. The fourth-order valence-electron chi connectivity index (χ4n) is 3.79. The standard InChI is InChI=1S/C20H21F2NO3/c21-9-14-3-1-5-16(7-14)18-23-19(17-6-2-4-15(8-17)10-22)26-13-20(23,11-24)12-25-18/h1-8,18-19,24H,9-13H2/t18-,19+,20?. The molecule has 2 saturated heterocycles. The summed E-state index contributed by atoms with van der Waals surface area (Å²) in [5.41, 5.74) is 2.11. The van der Waals surface area contributed by atoms with Crippen LogP contribution in [0.1, 0.15) is 34.7 Å². The lowest BCUT2D eigenvalue weighted by Crippen LogP contribution is -2.47. The first kappa shape index (κ1) is 17.5. The molecule has 1 N–H and O–H groups in total. The van der Waals surface area contributed by atoms with Crippen molar-refractivity contribution in [3.05, 3.63) is 70.8 Å². The molecular weight excluding hydrogens is 340 g/mol. The van der Waals surface area contributed by atoms with Gasteiger partial charge in [0.2, 0.25) is 0 Å². The van der Waals surface area contributed by atoms with Crippen LogP contribution in [0.4, 0.5) is 8.78 Å². The van der Waals surface area contributed by atoms with Gasteiger partial charge in [-0.3, -0.25) is 0 Å². The van der Waals surface area contributed by atoms with E-state index in [0.29, 0.717) is 24.3 Å². The lowest BCUT2D eigenvalue weighted by atomic mass is 10.00. The van der Waals surface area contributed by atoms with Crippen molar-refractivity contribution in [1.82, 2.24) is 4.90 Å². The van der Waals surface area contributed by atoms with Crippen LogP contribution in [0.15, 0.2) is 48.5 Å². The van der Waals surface area contributed by atoms with Gasteiger partial charge in [0.25, 0.3) is 0 Å². The number of fused-ring (bicyclic) bond motifs is 1. The SMILES string of the molecule is OCC12CO[C@H](c3cccc(CF)c3)N1[C@H](c1cccc(CF)c1)OC2. The highest BCUT2D eigenvalue weighted by Crippen LogP contribution is 2.48. The van der Waals surface area contributed by atoms with Crippen molar-refractivity contribution in [3.8, 4) is 0 Å². The third-order valence-corrected chi connectivity index (χ3v) is 5.15. The summed E-state index contributed by atoms with van der Waals surface area (Å²) in [5.74, 6) is 0. The van der Waals surface area contributed by atoms with Gasteiger partial charge in [0.05, 0.1) is 25.4 Å². The lowest BCUT2D eigenvalue weighted by Gasteiger charge is -2.33. The summed E-state index contributed by atoms with van der Waals surface area (Å²) in [4.78, 5) is 1.99. The molecular formula is C20H21F2NO3. The maximum absolute atomic E-state index is 13.1. The third-order valence-electron chi connectivity index (χ3n) is 5.15. The Morgan fingerprint density at radius 2 is 1.42 bits per heavy atom. The molecule has 0 aliphatic carbocycles. The molecule has 0 saturated carbocycles. The highest BCUT2D eigenvalue weighted by atomic mass is 19.1. The van der Waals surface area contributed by atoms with Gasteiger partial charge in [0.1, 0.15) is 25.8 Å². The van der Waals surface area contributed by atoms with Gasteiger partial charge in [-0.05, 0) is 34.4 Å². The van der Waals surface area contributed by atoms with Crippen LogP contribution in [-0.2, 0) is 22.8 Å². The van der Waals surface area contributed by atoms with Gasteiger partial charge >= 0.3 is 0 Å². The molecule has 3 atom stereocenters. The van der Waals surface area contributed by atoms with Gasteiger partial charge < -0.3 is 14.6 Å². The van der Waals surface area contributed by atoms with Crippen LogP contribution in [0, 0.1) is 0 Å². The van der Waals surface area contributed by atoms with E-state index in [9.17, 15) is 13.9 Å². The maximum Gasteiger partial charge on any atom is 0.139 e. The molecule has 0 amide bonds. The van der Waals surface area contributed by atoms with Gasteiger partial charge in [-0.1, -0.05) is 36.4 Å². The van der Waals surface area contributed by atoms with Crippen LogP contribution in [0.2, 0.25) is 0 Å². The number of hydrogen-bond acceptors (Lipinski definition) is 4. The second kappa shape index (κ2) is 7.04. The molecule has 2 fully saturated rings. The van der Waals surface area contributed by atoms with Gasteiger partial charge in [0, 0.05) is 0 Å². The summed E-state index contributed by atoms with van der Waals surface area (Å²) in [5, 5.41) is 10.0. The zero-order valence-electron chi connectivity index (χ0n) is 14.3. The van der Waals surface area contributed by atoms with Crippen LogP contribution in [0.3, 0.4) is 0 Å². The Kier molecular flexibility index (Phi) is 4.75. The molecule has 26 heavy (non-hydrogen) atoms. The molecule has 0 bridgehead atoms. The normalized spacial score (nSPS) is 28.4. The van der Waals surface area contributed by atoms with Crippen LogP contribution in [0.5, 0.6) is 0 Å². The van der Waals surface area contributed by atoms with Crippen LogP contribution < -0.4 is 0 Å². The number of rotatable bonds is 5. The third kappa shape index (κ3) is 2.83. The number of aliphatic hydroxyl groups is 1. The van der Waals surface area contributed by atoms with Crippen LogP contribution in [-0.4, -0.2) is 35.4 Å². The van der Waals surface area contributed by atoms with E-state index in [0.717, 1.165) is 11.1 Å². The Balaban J connectivity index is 1.73. The van der Waals surface area contributed by atoms with Crippen molar-refractivity contribution in [3.63, 3.8) is 0 Å². The molecule has 0 spiro atoms. The minimum atomic E-state index is -0.660. The number of hydrogen-bond donors (Lipinski definition) is 1. The number of nitrogens with zero attached hydrogens (tertiary/aromatic N) is 1. The van der Waals surface area contributed by atoms with Gasteiger partial charge in [-0.2, -0.15) is 0 Å². The van der Waals surface area contributed by atoms with Gasteiger partial charge in [0.15, 0.2) is 0 Å². The monoisotopic (exact) mass is 361 g/mol. The topological polar surface area (TPSA) is 41.9 Å². The molecule has 2 aliphatic rings. The van der Waals surface area contributed by atoms with E-state index in [4.69, 9.17) is 9.47 Å². The van der Waals surface area contributed by atoms with E-state index >= 15 is 0 Å². The van der Waals surface area contributed by atoms with E-state index in [1.165, 1.54) is 0 Å². The molecule has 1 unspecified atom stereocenters. The molecule has 0 aromatic heterocycles. The second-order valence-corrected chi connectivity index (χ2v) is 6.87. The fraction of sp³-hybridized carbons (Fsp3) is 0.400. The van der Waals surface area contributed by atoms with Crippen molar-refractivity contribution < 1.29 is 23.4 Å². The molecule has 138 valence electrons. The zero-order valence-corrected chi connectivity index (χ0v) is 14.3. The number of ether oxygens (including phenoxy) is 2. The number of alkyl halides is 2. The predicted octanol–water partition coefficient (Wildman–Crippen LogP) is 3.42. The molecule has 2 aromatic rings. The fourth-order valence-corrected chi connectivity index (χ4v) is 3.79. The summed E-state index contributed by atoms with van der Waals surface area (Å²) in [6.45, 7) is -0.597. The largest absolute Gasteiger partial charge is 0.394 e. The van der Waals surface area contributed by atoms with E-state index in [2.05, 4.69) is 0 Å². The lowest BCUT2D eigenvalue weighted by molar-refractivity contribution is -0.0631. The first-order valence-electron chi connectivity index (χ1n) is 8.63. The van der Waals surface area contributed by atoms with Gasteiger partial charge in [-0.25, -0.2) is 13.7 Å². The van der Waals surface area contributed by atoms with E-state index < -0.39 is 31.3 Å². The Bertz CT molecular complexity index is 726. The van der Waals surface area contributed by atoms with Crippen molar-refractivity contribution in [2.45, 2.75) is 31.3 Å². The Morgan fingerprint density at radius 3 is 1.85 bits per heavy atom. The summed E-state index contributed by atoms with van der Waals surface area (Å²) in [7, 11) is 0. The maximum atomic E-state index is 13.1. The van der Waals surface area contributed by atoms with Crippen molar-refractivity contribution in [2.24, 2.45) is 0 Å². The molecule has 2 heterocycles. The van der Waals surface area contributed by atoms with Crippen molar-refractivity contribution >= 4 is 0 Å². The highest BCUT2D eigenvalue weighted by molar-refractivity contribution is 5.30. The molecule has 2 aliphatic heterocycles. The predicted molar refractivity (Wildman–Crippen MR) is 91.5 cm³/mol. The van der Waals surface area contributed by atoms with E-state index in [1.807, 2.05) is 17.0 Å². The Labute approximate surface area is 151 Å². The Hall–Kier alpha value is -1.86. The summed E-state index contributed by atoms with van der Waals surface area (Å²) in [6.07, 6.45) is -0.926. The minimum absolute atomic E-state index is 0.119. The van der Waals surface area contributed by atoms with E-state index in [-0.39, 0.29) is 6.61 Å². The van der Waals surface area contributed by atoms with Crippen molar-refractivity contribution in [1.29, 1.82) is 0 Å². The molecule has 4 nitrogen and oxygen atoms in total. The first-order chi connectivity index (χ1) is 12.7. The molecule has 4 rings (SSSR count). The summed E-state index contributed by atoms with van der Waals surface area (Å²) in [6, 6.07) is 14.3. The molecule has 6 heteroatoms. The van der Waals surface area contributed by atoms with Crippen LogP contribution >= 0.6 is 0 Å².